The summed E-state index contributed by atoms with van der Waals surface area (Å²) in [5.74, 6) is -0.589. The minimum absolute atomic E-state index is 0.0685. The molecule has 0 bridgehead atoms. The van der Waals surface area contributed by atoms with Crippen molar-refractivity contribution in [3.05, 3.63) is 65.3 Å². The smallest absolute Gasteiger partial charge is 0.409 e. The number of nitrogens with zero attached hydrogens (tertiary/aromatic N) is 2. The Morgan fingerprint density at radius 2 is 1.78 bits per heavy atom. The average molecular weight is 524 g/mol. The van der Waals surface area contributed by atoms with Crippen LogP contribution < -0.4 is 4.72 Å². The Morgan fingerprint density at radius 3 is 2.51 bits per heavy atom. The van der Waals surface area contributed by atoms with Gasteiger partial charge in [0.2, 0.25) is 10.0 Å². The number of allylic oxidation sites excluding steroid dienone is 1. The second-order valence-electron chi connectivity index (χ2n) is 9.38. The van der Waals surface area contributed by atoms with E-state index in [-0.39, 0.29) is 35.4 Å². The molecule has 1 saturated heterocycles. The molecule has 0 radical (unpaired) electrons. The lowest BCUT2D eigenvalue weighted by Crippen LogP contribution is -2.46. The van der Waals surface area contributed by atoms with Gasteiger partial charge in [0.05, 0.1) is 18.0 Å². The molecule has 194 valence electrons. The molecule has 10 heteroatoms. The third-order valence-electron chi connectivity index (χ3n) is 7.08. The number of ether oxygens (including phenoxy) is 1. The summed E-state index contributed by atoms with van der Waals surface area (Å²) in [6.45, 7) is 2.94. The van der Waals surface area contributed by atoms with Crippen molar-refractivity contribution < 1.29 is 27.5 Å². The van der Waals surface area contributed by atoms with E-state index in [1.165, 1.54) is 4.90 Å². The highest BCUT2D eigenvalue weighted by Gasteiger charge is 2.37. The van der Waals surface area contributed by atoms with Gasteiger partial charge in [0.25, 0.3) is 11.8 Å². The number of imide groups is 1. The van der Waals surface area contributed by atoms with Gasteiger partial charge in [0.1, 0.15) is 0 Å². The monoisotopic (exact) mass is 523 g/mol. The molecule has 3 aliphatic rings. The van der Waals surface area contributed by atoms with Crippen LogP contribution in [0.5, 0.6) is 0 Å². The van der Waals surface area contributed by atoms with Crippen LogP contribution in [0.1, 0.15) is 38.2 Å². The number of likely N-dealkylation sites (tertiary alicyclic amines) is 1. The molecule has 9 nitrogen and oxygen atoms in total. The van der Waals surface area contributed by atoms with Crippen molar-refractivity contribution in [2.24, 2.45) is 0 Å². The number of carbonyl (C=O) groups excluding carboxylic acids is 3. The summed E-state index contributed by atoms with van der Waals surface area (Å²) >= 11 is 0. The molecule has 2 heterocycles. The van der Waals surface area contributed by atoms with Crippen molar-refractivity contribution in [1.82, 2.24) is 14.5 Å². The predicted octanol–water partition coefficient (Wildman–Crippen LogP) is 3.25. The first-order valence-electron chi connectivity index (χ1n) is 12.5. The Kier molecular flexibility index (Phi) is 6.87. The maximum atomic E-state index is 13.4. The normalized spacial score (nSPS) is 18.6. The van der Waals surface area contributed by atoms with Crippen LogP contribution in [0.3, 0.4) is 0 Å². The Hall–Kier alpha value is -3.50. The molecule has 0 atom stereocenters. The van der Waals surface area contributed by atoms with Crippen molar-refractivity contribution in [2.75, 3.05) is 19.7 Å². The quantitative estimate of drug-likeness (QED) is 0.582. The number of nitrogens with one attached hydrogen (secondary N) is 1. The van der Waals surface area contributed by atoms with Crippen LogP contribution >= 0.6 is 0 Å². The van der Waals surface area contributed by atoms with Crippen LogP contribution in [-0.2, 0) is 30.9 Å². The van der Waals surface area contributed by atoms with Gasteiger partial charge in [-0.05, 0) is 49.6 Å². The molecular weight excluding hydrogens is 494 g/mol. The first kappa shape index (κ1) is 25.2. The number of piperidine rings is 1. The van der Waals surface area contributed by atoms with Gasteiger partial charge in [0.15, 0.2) is 0 Å². The summed E-state index contributed by atoms with van der Waals surface area (Å²) in [6, 6.07) is 10.0. The maximum Gasteiger partial charge on any atom is 0.409 e. The Morgan fingerprint density at radius 1 is 1.05 bits per heavy atom. The van der Waals surface area contributed by atoms with E-state index in [4.69, 9.17) is 4.74 Å². The van der Waals surface area contributed by atoms with Crippen LogP contribution in [-0.4, -0.2) is 61.9 Å². The Balaban J connectivity index is 1.36. The molecule has 2 aromatic carbocycles. The van der Waals surface area contributed by atoms with Crippen LogP contribution in [0.25, 0.3) is 10.8 Å². The molecule has 0 spiro atoms. The van der Waals surface area contributed by atoms with Gasteiger partial charge >= 0.3 is 6.09 Å². The molecule has 5 rings (SSSR count). The molecule has 2 aliphatic heterocycles. The number of fused-ring (bicyclic) bond motifs is 1. The largest absolute Gasteiger partial charge is 0.450 e. The first-order chi connectivity index (χ1) is 17.8. The number of sulfonamides is 1. The fraction of sp³-hybridized carbons (Fsp3) is 0.370. The topological polar surface area (TPSA) is 113 Å². The van der Waals surface area contributed by atoms with Gasteiger partial charge in [-0.25, -0.2) is 17.9 Å². The minimum atomic E-state index is -3.87. The standard InChI is InChI=1S/C27H29N3O6S/c1-2-36-27(33)29-15-13-19(14-16-29)28-37(34,35)24-12-6-10-20-18(7-5-11-21(20)24)17-30-25(31)22-8-3-4-9-23(22)26(30)32/h3,5-8,10-12,19,28H,2,4,9,13-17H2,1H3. The van der Waals surface area contributed by atoms with Gasteiger partial charge < -0.3 is 9.64 Å². The molecule has 1 fully saturated rings. The molecule has 0 saturated carbocycles. The number of amides is 3. The van der Waals surface area contributed by atoms with Gasteiger partial charge in [-0.1, -0.05) is 42.5 Å². The summed E-state index contributed by atoms with van der Waals surface area (Å²) in [7, 11) is -3.87. The fourth-order valence-electron chi connectivity index (χ4n) is 5.20. The summed E-state index contributed by atoms with van der Waals surface area (Å²) in [5, 5.41) is 1.19. The van der Waals surface area contributed by atoms with E-state index < -0.39 is 10.0 Å². The number of rotatable bonds is 6. The molecule has 1 aliphatic carbocycles. The van der Waals surface area contributed by atoms with Gasteiger partial charge in [-0.3, -0.25) is 14.5 Å². The van der Waals surface area contributed by atoms with E-state index >= 15 is 0 Å². The number of hydrogen-bond acceptors (Lipinski definition) is 6. The molecule has 3 amide bonds. The molecule has 37 heavy (non-hydrogen) atoms. The zero-order valence-electron chi connectivity index (χ0n) is 20.6. The lowest BCUT2D eigenvalue weighted by Gasteiger charge is -2.31. The fourth-order valence-corrected chi connectivity index (χ4v) is 6.72. The highest BCUT2D eigenvalue weighted by molar-refractivity contribution is 7.89. The maximum absolute atomic E-state index is 13.4. The Bertz CT molecular complexity index is 1440. The second kappa shape index (κ2) is 10.1. The van der Waals surface area contributed by atoms with Crippen LogP contribution in [0.2, 0.25) is 0 Å². The van der Waals surface area contributed by atoms with E-state index in [9.17, 15) is 22.8 Å². The second-order valence-corrected chi connectivity index (χ2v) is 11.1. The van der Waals surface area contributed by atoms with Gasteiger partial charge in [-0.2, -0.15) is 0 Å². The van der Waals surface area contributed by atoms with Crippen LogP contribution in [0.4, 0.5) is 4.79 Å². The number of carbonyl (C=O) groups is 3. The first-order valence-corrected chi connectivity index (χ1v) is 14.0. The van der Waals surface area contributed by atoms with Crippen molar-refractivity contribution in [2.45, 2.75) is 50.1 Å². The van der Waals surface area contributed by atoms with Crippen LogP contribution in [0, 0.1) is 0 Å². The molecular formula is C27H29N3O6S. The van der Waals surface area contributed by atoms with E-state index in [1.807, 2.05) is 12.1 Å². The third-order valence-corrected chi connectivity index (χ3v) is 8.66. The van der Waals surface area contributed by atoms with E-state index in [0.717, 1.165) is 6.42 Å². The summed E-state index contributed by atoms with van der Waals surface area (Å²) in [6.07, 6.45) is 5.49. The highest BCUT2D eigenvalue weighted by Crippen LogP contribution is 2.32. The van der Waals surface area contributed by atoms with Crippen molar-refractivity contribution in [1.29, 1.82) is 0 Å². The molecule has 0 aromatic heterocycles. The molecule has 2 aromatic rings. The zero-order valence-corrected chi connectivity index (χ0v) is 21.4. The zero-order chi connectivity index (χ0) is 26.2. The average Bonchev–Trinajstić information content (AvgIpc) is 3.14. The number of benzene rings is 2. The van der Waals surface area contributed by atoms with E-state index in [0.29, 0.717) is 66.4 Å². The highest BCUT2D eigenvalue weighted by atomic mass is 32.2. The Labute approximate surface area is 215 Å². The molecule has 0 unspecified atom stereocenters. The minimum Gasteiger partial charge on any atom is -0.450 e. The lowest BCUT2D eigenvalue weighted by atomic mass is 10.00. The summed E-state index contributed by atoms with van der Waals surface area (Å²) in [5.41, 5.74) is 1.70. The van der Waals surface area contributed by atoms with E-state index in [2.05, 4.69) is 4.72 Å². The van der Waals surface area contributed by atoms with Crippen molar-refractivity contribution >= 4 is 38.7 Å². The van der Waals surface area contributed by atoms with Crippen molar-refractivity contribution in [3.63, 3.8) is 0 Å². The lowest BCUT2D eigenvalue weighted by molar-refractivity contribution is -0.138. The predicted molar refractivity (Wildman–Crippen MR) is 137 cm³/mol. The van der Waals surface area contributed by atoms with E-state index in [1.54, 1.807) is 48.2 Å². The van der Waals surface area contributed by atoms with Gasteiger partial charge in [0, 0.05) is 35.7 Å². The summed E-state index contributed by atoms with van der Waals surface area (Å²) < 4.78 is 34.7. The third kappa shape index (κ3) is 4.78. The van der Waals surface area contributed by atoms with Gasteiger partial charge in [-0.15, -0.1) is 0 Å². The number of hydrogen-bond donors (Lipinski definition) is 1. The molecule has 1 N–H and O–H groups in total. The SMILES string of the molecule is CCOC(=O)N1CCC(NS(=O)(=O)c2cccc3c(CN4C(=O)C5=C(CCC=C5)C4=O)cccc23)CC1. The summed E-state index contributed by atoms with van der Waals surface area (Å²) in [4.78, 5) is 40.7. The van der Waals surface area contributed by atoms with Crippen molar-refractivity contribution in [3.8, 4) is 0 Å². The van der Waals surface area contributed by atoms with Crippen LogP contribution in [0.15, 0.2) is 64.6 Å².